The Labute approximate surface area is 131 Å². The van der Waals surface area contributed by atoms with Gasteiger partial charge in [0.1, 0.15) is 0 Å². The molecular weight excluding hydrogens is 294 g/mol. The van der Waals surface area contributed by atoms with Crippen molar-refractivity contribution < 1.29 is 14.3 Å². The van der Waals surface area contributed by atoms with E-state index in [0.29, 0.717) is 19.3 Å². The number of carbonyl (C=O) groups is 1. The lowest BCUT2D eigenvalue weighted by atomic mass is 10.1. The fourth-order valence-corrected chi connectivity index (χ4v) is 2.30. The number of pyridine rings is 1. The maximum absolute atomic E-state index is 11.3. The van der Waals surface area contributed by atoms with Crippen LogP contribution in [0.5, 0.6) is 0 Å². The van der Waals surface area contributed by atoms with Crippen LogP contribution in [0.3, 0.4) is 0 Å². The molecule has 0 aliphatic carbocycles. The van der Waals surface area contributed by atoms with Gasteiger partial charge in [0.25, 0.3) is 0 Å². The fraction of sp³-hybridized carbons (Fsp3) is 0.571. The zero-order chi connectivity index (χ0) is 14.5. The van der Waals surface area contributed by atoms with Crippen molar-refractivity contribution in [2.75, 3.05) is 31.8 Å². The third-order valence-corrected chi connectivity index (χ3v) is 3.49. The van der Waals surface area contributed by atoms with E-state index in [0.717, 1.165) is 17.8 Å². The molecule has 0 bridgehead atoms. The molecule has 2 atom stereocenters. The maximum atomic E-state index is 11.3. The van der Waals surface area contributed by atoms with Gasteiger partial charge in [-0.1, -0.05) is 0 Å². The van der Waals surface area contributed by atoms with E-state index >= 15 is 0 Å². The highest BCUT2D eigenvalue weighted by atomic mass is 35.5. The standard InChI is InChI=1S/C14H21N3O3.ClH/c1-10-9-20-4-3-17(10)12-5-11(7-16-8-12)13(15)6-14(18)19-2;/h5,7-8,10,13H,3-4,6,9,15H2,1-2H3;1H. The molecule has 7 heteroatoms. The van der Waals surface area contributed by atoms with Crippen molar-refractivity contribution in [3.8, 4) is 0 Å². The number of aromatic nitrogens is 1. The Morgan fingerprint density at radius 2 is 2.38 bits per heavy atom. The number of methoxy groups -OCH3 is 1. The number of nitrogens with zero attached hydrogens (tertiary/aromatic N) is 2. The normalized spacial score (nSPS) is 19.6. The molecule has 1 aromatic heterocycles. The van der Waals surface area contributed by atoms with Gasteiger partial charge in [-0.05, 0) is 18.6 Å². The largest absolute Gasteiger partial charge is 0.469 e. The van der Waals surface area contributed by atoms with Gasteiger partial charge in [-0.15, -0.1) is 12.4 Å². The van der Waals surface area contributed by atoms with Crippen molar-refractivity contribution in [1.82, 2.24) is 4.98 Å². The van der Waals surface area contributed by atoms with E-state index in [2.05, 4.69) is 21.5 Å². The number of rotatable bonds is 4. The molecule has 21 heavy (non-hydrogen) atoms. The molecule has 2 unspecified atom stereocenters. The topological polar surface area (TPSA) is 77.7 Å². The molecule has 118 valence electrons. The van der Waals surface area contributed by atoms with Crippen molar-refractivity contribution >= 4 is 24.1 Å². The van der Waals surface area contributed by atoms with Crippen molar-refractivity contribution in [3.63, 3.8) is 0 Å². The minimum Gasteiger partial charge on any atom is -0.469 e. The summed E-state index contributed by atoms with van der Waals surface area (Å²) in [5.74, 6) is -0.317. The molecule has 2 N–H and O–H groups in total. The lowest BCUT2D eigenvalue weighted by Crippen LogP contribution is -2.43. The van der Waals surface area contributed by atoms with E-state index in [1.54, 1.807) is 6.20 Å². The number of esters is 1. The molecule has 2 heterocycles. The van der Waals surface area contributed by atoms with Crippen LogP contribution in [0.25, 0.3) is 0 Å². The van der Waals surface area contributed by atoms with Gasteiger partial charge >= 0.3 is 5.97 Å². The first-order chi connectivity index (χ1) is 9.61. The van der Waals surface area contributed by atoms with Crippen molar-refractivity contribution in [2.45, 2.75) is 25.4 Å². The van der Waals surface area contributed by atoms with Crippen LogP contribution in [-0.4, -0.2) is 43.9 Å². The summed E-state index contributed by atoms with van der Waals surface area (Å²) in [6.45, 7) is 4.36. The average Bonchev–Trinajstić information content (AvgIpc) is 2.47. The summed E-state index contributed by atoms with van der Waals surface area (Å²) in [7, 11) is 1.36. The highest BCUT2D eigenvalue weighted by Crippen LogP contribution is 2.23. The average molecular weight is 316 g/mol. The lowest BCUT2D eigenvalue weighted by molar-refractivity contribution is -0.141. The minimum atomic E-state index is -0.397. The molecule has 6 nitrogen and oxygen atoms in total. The Bertz CT molecular complexity index is 473. The first-order valence-electron chi connectivity index (χ1n) is 6.73. The summed E-state index contributed by atoms with van der Waals surface area (Å²) >= 11 is 0. The van der Waals surface area contributed by atoms with Crippen molar-refractivity contribution in [3.05, 3.63) is 24.0 Å². The Morgan fingerprint density at radius 3 is 3.05 bits per heavy atom. The van der Waals surface area contributed by atoms with Crippen LogP contribution in [0.15, 0.2) is 18.5 Å². The second kappa shape index (κ2) is 8.17. The maximum Gasteiger partial charge on any atom is 0.307 e. The van der Waals surface area contributed by atoms with Gasteiger partial charge in [0.2, 0.25) is 0 Å². The van der Waals surface area contributed by atoms with Crippen molar-refractivity contribution in [1.29, 1.82) is 0 Å². The number of hydrogen-bond acceptors (Lipinski definition) is 6. The molecule has 0 spiro atoms. The van der Waals surface area contributed by atoms with Crippen LogP contribution >= 0.6 is 12.4 Å². The molecule has 0 aromatic carbocycles. The summed E-state index contributed by atoms with van der Waals surface area (Å²) in [6, 6.07) is 1.89. The summed E-state index contributed by atoms with van der Waals surface area (Å²) in [6.07, 6.45) is 3.67. The molecule has 0 amide bonds. The smallest absolute Gasteiger partial charge is 0.307 e. The van der Waals surface area contributed by atoms with E-state index in [9.17, 15) is 4.79 Å². The Morgan fingerprint density at radius 1 is 1.62 bits per heavy atom. The number of anilines is 1. The Hall–Kier alpha value is -1.37. The molecule has 1 aliphatic heterocycles. The second-order valence-electron chi connectivity index (χ2n) is 4.98. The second-order valence-corrected chi connectivity index (χ2v) is 4.98. The van der Waals surface area contributed by atoms with E-state index < -0.39 is 6.04 Å². The molecular formula is C14H22ClN3O3. The van der Waals surface area contributed by atoms with Crippen molar-refractivity contribution in [2.24, 2.45) is 5.73 Å². The number of morpholine rings is 1. The van der Waals surface area contributed by atoms with E-state index in [4.69, 9.17) is 10.5 Å². The van der Waals surface area contributed by atoms with Crippen LogP contribution in [0, 0.1) is 0 Å². The number of ether oxygens (including phenoxy) is 2. The fourth-order valence-electron chi connectivity index (χ4n) is 2.30. The number of hydrogen-bond donors (Lipinski definition) is 1. The SMILES string of the molecule is COC(=O)CC(N)c1cncc(N2CCOCC2C)c1.Cl. The molecule has 1 fully saturated rings. The molecule has 0 radical (unpaired) electrons. The van der Waals surface area contributed by atoms with Gasteiger partial charge in [0, 0.05) is 24.8 Å². The monoisotopic (exact) mass is 315 g/mol. The zero-order valence-corrected chi connectivity index (χ0v) is 13.1. The van der Waals surface area contributed by atoms with E-state index in [-0.39, 0.29) is 24.8 Å². The third kappa shape index (κ3) is 4.56. The molecule has 1 aromatic rings. The number of nitrogens with two attached hydrogens (primary N) is 1. The van der Waals surface area contributed by atoms with Gasteiger partial charge in [0.15, 0.2) is 0 Å². The highest BCUT2D eigenvalue weighted by molar-refractivity contribution is 5.85. The van der Waals surface area contributed by atoms with Gasteiger partial charge in [0.05, 0.1) is 38.6 Å². The van der Waals surface area contributed by atoms with Gasteiger partial charge in [-0.2, -0.15) is 0 Å². The minimum absolute atomic E-state index is 0. The molecule has 1 saturated heterocycles. The van der Waals surface area contributed by atoms with Gasteiger partial charge < -0.3 is 20.1 Å². The van der Waals surface area contributed by atoms with E-state index in [1.807, 2.05) is 12.3 Å². The van der Waals surface area contributed by atoms with Gasteiger partial charge in [-0.3, -0.25) is 9.78 Å². The van der Waals surface area contributed by atoms with Gasteiger partial charge in [-0.25, -0.2) is 0 Å². The van der Waals surface area contributed by atoms with Crippen LogP contribution < -0.4 is 10.6 Å². The molecule has 0 saturated carbocycles. The predicted molar refractivity (Wildman–Crippen MR) is 82.7 cm³/mol. The van der Waals surface area contributed by atoms with Crippen LogP contribution in [0.2, 0.25) is 0 Å². The Balaban J connectivity index is 0.00000220. The zero-order valence-electron chi connectivity index (χ0n) is 12.3. The number of carbonyl (C=O) groups excluding carboxylic acids is 1. The first-order valence-corrected chi connectivity index (χ1v) is 6.73. The summed E-state index contributed by atoms with van der Waals surface area (Å²) < 4.78 is 10.1. The molecule has 2 rings (SSSR count). The summed E-state index contributed by atoms with van der Waals surface area (Å²) in [5.41, 5.74) is 7.87. The van der Waals surface area contributed by atoms with Crippen LogP contribution in [0.4, 0.5) is 5.69 Å². The quantitative estimate of drug-likeness (QED) is 0.844. The summed E-state index contributed by atoms with van der Waals surface area (Å²) in [5, 5.41) is 0. The molecule has 1 aliphatic rings. The summed E-state index contributed by atoms with van der Waals surface area (Å²) in [4.78, 5) is 17.8. The lowest BCUT2D eigenvalue weighted by Gasteiger charge is -2.35. The predicted octanol–water partition coefficient (Wildman–Crippen LogP) is 1.29. The first kappa shape index (κ1) is 17.7. The highest BCUT2D eigenvalue weighted by Gasteiger charge is 2.20. The Kier molecular flexibility index (Phi) is 6.87. The number of halogens is 1. The third-order valence-electron chi connectivity index (χ3n) is 3.49. The van der Waals surface area contributed by atoms with E-state index in [1.165, 1.54) is 7.11 Å². The van der Waals surface area contributed by atoms with Crippen LogP contribution in [0.1, 0.15) is 24.9 Å². The van der Waals surface area contributed by atoms with Crippen LogP contribution in [-0.2, 0) is 14.3 Å².